The number of piperidine rings is 1. The largest absolute Gasteiger partial charge is 0.368 e. The van der Waals surface area contributed by atoms with Crippen molar-refractivity contribution in [2.24, 2.45) is 0 Å². The molecule has 0 aromatic rings. The van der Waals surface area contributed by atoms with Crippen molar-refractivity contribution in [1.29, 1.82) is 0 Å². The summed E-state index contributed by atoms with van der Waals surface area (Å²) in [6.45, 7) is 5.83. The molecule has 2 heterocycles. The molecule has 0 unspecified atom stereocenters. The number of likely N-dealkylation sites (tertiary alicyclic amines) is 1. The van der Waals surface area contributed by atoms with Crippen LogP contribution < -0.4 is 0 Å². The standard InChI is InChI=1S/C7H13NO/c1-2-8-4-3-6-7(5-8)9-6/h6-7H,2-5H2,1H3/t6-,7+/m1/s1. The first-order chi connectivity index (χ1) is 4.40. The zero-order valence-electron chi connectivity index (χ0n) is 5.84. The first kappa shape index (κ1) is 5.69. The number of rotatable bonds is 1. The predicted molar refractivity (Wildman–Crippen MR) is 35.4 cm³/mol. The monoisotopic (exact) mass is 127 g/mol. The lowest BCUT2D eigenvalue weighted by molar-refractivity contribution is 0.258. The Bertz CT molecular complexity index is 115. The molecule has 2 fully saturated rings. The Hall–Kier alpha value is -0.0800. The maximum atomic E-state index is 5.37. The van der Waals surface area contributed by atoms with Crippen molar-refractivity contribution in [3.8, 4) is 0 Å². The van der Waals surface area contributed by atoms with Crippen molar-refractivity contribution >= 4 is 0 Å². The molecule has 0 aromatic heterocycles. The van der Waals surface area contributed by atoms with E-state index in [9.17, 15) is 0 Å². The minimum Gasteiger partial charge on any atom is -0.368 e. The van der Waals surface area contributed by atoms with Gasteiger partial charge in [-0.1, -0.05) is 6.92 Å². The van der Waals surface area contributed by atoms with Crippen LogP contribution in [0.3, 0.4) is 0 Å². The molecule has 0 amide bonds. The van der Waals surface area contributed by atoms with Crippen LogP contribution in [0.1, 0.15) is 13.3 Å². The summed E-state index contributed by atoms with van der Waals surface area (Å²) in [7, 11) is 0. The second-order valence-electron chi connectivity index (χ2n) is 2.89. The summed E-state index contributed by atoms with van der Waals surface area (Å²) in [5, 5.41) is 0. The quantitative estimate of drug-likeness (QED) is 0.476. The first-order valence-electron chi connectivity index (χ1n) is 3.78. The summed E-state index contributed by atoms with van der Waals surface area (Å²) in [6.07, 6.45) is 2.52. The third-order valence-electron chi connectivity index (χ3n) is 2.30. The average molecular weight is 127 g/mol. The molecule has 2 nitrogen and oxygen atoms in total. The normalized spacial score (nSPS) is 42.3. The van der Waals surface area contributed by atoms with Crippen molar-refractivity contribution < 1.29 is 4.74 Å². The van der Waals surface area contributed by atoms with E-state index >= 15 is 0 Å². The van der Waals surface area contributed by atoms with Gasteiger partial charge < -0.3 is 9.64 Å². The van der Waals surface area contributed by atoms with Crippen LogP contribution in [0.4, 0.5) is 0 Å². The Balaban J connectivity index is 1.86. The van der Waals surface area contributed by atoms with E-state index in [1.165, 1.54) is 26.1 Å². The van der Waals surface area contributed by atoms with Crippen molar-refractivity contribution in [2.75, 3.05) is 19.6 Å². The van der Waals surface area contributed by atoms with Crippen LogP contribution in [0.15, 0.2) is 0 Å². The molecule has 0 aromatic carbocycles. The zero-order valence-corrected chi connectivity index (χ0v) is 5.84. The van der Waals surface area contributed by atoms with Crippen molar-refractivity contribution in [3.63, 3.8) is 0 Å². The molecule has 52 valence electrons. The van der Waals surface area contributed by atoms with Gasteiger partial charge in [-0.2, -0.15) is 0 Å². The summed E-state index contributed by atoms with van der Waals surface area (Å²) in [4.78, 5) is 2.45. The predicted octanol–water partition coefficient (Wildman–Crippen LogP) is 0.479. The van der Waals surface area contributed by atoms with Crippen molar-refractivity contribution in [3.05, 3.63) is 0 Å². The number of hydrogen-bond acceptors (Lipinski definition) is 2. The molecule has 0 spiro atoms. The number of nitrogens with zero attached hydrogens (tertiary/aromatic N) is 1. The lowest BCUT2D eigenvalue weighted by Crippen LogP contribution is -2.34. The molecule has 0 bridgehead atoms. The van der Waals surface area contributed by atoms with Gasteiger partial charge in [0.05, 0.1) is 12.2 Å². The van der Waals surface area contributed by atoms with Crippen LogP contribution in [0.2, 0.25) is 0 Å². The first-order valence-corrected chi connectivity index (χ1v) is 3.78. The van der Waals surface area contributed by atoms with Gasteiger partial charge in [-0.3, -0.25) is 0 Å². The van der Waals surface area contributed by atoms with Crippen LogP contribution in [-0.4, -0.2) is 36.7 Å². The maximum absolute atomic E-state index is 5.37. The van der Waals surface area contributed by atoms with E-state index in [1.54, 1.807) is 0 Å². The number of ether oxygens (including phenoxy) is 1. The lowest BCUT2D eigenvalue weighted by Gasteiger charge is -2.21. The third-order valence-corrected chi connectivity index (χ3v) is 2.30. The maximum Gasteiger partial charge on any atom is 0.0968 e. The molecule has 0 N–H and O–H groups in total. The van der Waals surface area contributed by atoms with Gasteiger partial charge in [-0.15, -0.1) is 0 Å². The number of hydrogen-bond donors (Lipinski definition) is 0. The van der Waals surface area contributed by atoms with E-state index in [0.29, 0.717) is 12.2 Å². The minimum atomic E-state index is 0.610. The Morgan fingerprint density at radius 1 is 1.56 bits per heavy atom. The fourth-order valence-electron chi connectivity index (χ4n) is 1.54. The SMILES string of the molecule is CCN1CC[C@H]2O[C@H]2C1. The lowest BCUT2D eigenvalue weighted by atomic mass is 10.1. The van der Waals surface area contributed by atoms with E-state index in [0.717, 1.165) is 0 Å². The van der Waals surface area contributed by atoms with Gasteiger partial charge in [0.25, 0.3) is 0 Å². The van der Waals surface area contributed by atoms with E-state index in [1.807, 2.05) is 0 Å². The van der Waals surface area contributed by atoms with Gasteiger partial charge in [-0.25, -0.2) is 0 Å². The van der Waals surface area contributed by atoms with Crippen LogP contribution in [-0.2, 0) is 4.74 Å². The summed E-state index contributed by atoms with van der Waals surface area (Å²) in [5.74, 6) is 0. The van der Waals surface area contributed by atoms with Gasteiger partial charge in [0.15, 0.2) is 0 Å². The fourth-order valence-corrected chi connectivity index (χ4v) is 1.54. The van der Waals surface area contributed by atoms with Gasteiger partial charge in [0.1, 0.15) is 0 Å². The summed E-state index contributed by atoms with van der Waals surface area (Å²) in [6, 6.07) is 0. The molecule has 2 saturated heterocycles. The third kappa shape index (κ3) is 0.970. The van der Waals surface area contributed by atoms with Gasteiger partial charge in [0.2, 0.25) is 0 Å². The van der Waals surface area contributed by atoms with Crippen LogP contribution in [0.5, 0.6) is 0 Å². The highest BCUT2D eigenvalue weighted by molar-refractivity contribution is 4.92. The Morgan fingerprint density at radius 2 is 2.44 bits per heavy atom. The molecule has 2 heteroatoms. The highest BCUT2D eigenvalue weighted by atomic mass is 16.6. The highest BCUT2D eigenvalue weighted by Crippen LogP contribution is 2.30. The molecule has 0 saturated carbocycles. The molecular formula is C7H13NO. The van der Waals surface area contributed by atoms with E-state index in [2.05, 4.69) is 11.8 Å². The minimum absolute atomic E-state index is 0.610. The number of likely N-dealkylation sites (N-methyl/N-ethyl adjacent to an activating group) is 1. The van der Waals surface area contributed by atoms with Crippen LogP contribution in [0, 0.1) is 0 Å². The fraction of sp³-hybridized carbons (Fsp3) is 1.00. The zero-order chi connectivity index (χ0) is 6.27. The summed E-state index contributed by atoms with van der Waals surface area (Å²) >= 11 is 0. The second-order valence-corrected chi connectivity index (χ2v) is 2.89. The Kier molecular flexibility index (Phi) is 1.24. The van der Waals surface area contributed by atoms with Crippen LogP contribution in [0.25, 0.3) is 0 Å². The molecule has 2 aliphatic heterocycles. The smallest absolute Gasteiger partial charge is 0.0968 e. The van der Waals surface area contributed by atoms with Crippen molar-refractivity contribution in [2.45, 2.75) is 25.6 Å². The summed E-state index contributed by atoms with van der Waals surface area (Å²) < 4.78 is 5.37. The molecule has 2 rings (SSSR count). The number of fused-ring (bicyclic) bond motifs is 1. The van der Waals surface area contributed by atoms with E-state index in [-0.39, 0.29) is 0 Å². The van der Waals surface area contributed by atoms with Gasteiger partial charge >= 0.3 is 0 Å². The average Bonchev–Trinajstić information content (AvgIpc) is 2.64. The Morgan fingerprint density at radius 3 is 3.11 bits per heavy atom. The molecule has 0 radical (unpaired) electrons. The molecule has 0 aliphatic carbocycles. The molecule has 2 aliphatic rings. The van der Waals surface area contributed by atoms with Crippen molar-refractivity contribution in [1.82, 2.24) is 4.90 Å². The van der Waals surface area contributed by atoms with Gasteiger partial charge in [-0.05, 0) is 13.0 Å². The highest BCUT2D eigenvalue weighted by Gasteiger charge is 2.42. The molecule has 9 heavy (non-hydrogen) atoms. The Labute approximate surface area is 55.8 Å². The topological polar surface area (TPSA) is 15.8 Å². The number of epoxide rings is 1. The summed E-state index contributed by atoms with van der Waals surface area (Å²) in [5.41, 5.74) is 0. The van der Waals surface area contributed by atoms with E-state index < -0.39 is 0 Å². The molecular weight excluding hydrogens is 114 g/mol. The van der Waals surface area contributed by atoms with Gasteiger partial charge in [0, 0.05) is 13.1 Å². The molecule has 2 atom stereocenters. The van der Waals surface area contributed by atoms with E-state index in [4.69, 9.17) is 4.74 Å². The van der Waals surface area contributed by atoms with Crippen LogP contribution >= 0.6 is 0 Å². The second kappa shape index (κ2) is 1.96.